The third-order valence-electron chi connectivity index (χ3n) is 0.815. The van der Waals surface area contributed by atoms with Gasteiger partial charge in [0, 0.05) is 0 Å². The minimum absolute atomic E-state index is 0.265. The lowest BCUT2D eigenvalue weighted by Crippen LogP contribution is -1.69. The van der Waals surface area contributed by atoms with Gasteiger partial charge in [-0.15, -0.1) is 0 Å². The van der Waals surface area contributed by atoms with Crippen LogP contribution < -0.4 is 0 Å². The summed E-state index contributed by atoms with van der Waals surface area (Å²) in [5.74, 6) is 0. The van der Waals surface area contributed by atoms with Gasteiger partial charge < -0.3 is 0 Å². The van der Waals surface area contributed by atoms with Crippen molar-refractivity contribution in [2.45, 2.75) is 6.42 Å². The van der Waals surface area contributed by atoms with Crippen molar-refractivity contribution in [3.63, 3.8) is 0 Å². The largest absolute Gasteiger partial charge is 0.151 e. The van der Waals surface area contributed by atoms with E-state index in [-0.39, 0.29) is 6.54 Å². The Labute approximate surface area is 70.9 Å². The Kier molecular flexibility index (Phi) is 7.53. The highest BCUT2D eigenvalue weighted by Crippen LogP contribution is 1.79. The average Bonchev–Trinajstić information content (AvgIpc) is 2.10. The zero-order valence-electron chi connectivity index (χ0n) is 6.55. The molecule has 0 bridgehead atoms. The highest BCUT2D eigenvalue weighted by Gasteiger charge is 1.73. The molecular formula is C10H7NO. The predicted octanol–water partition coefficient (Wildman–Crippen LogP) is 2.26. The summed E-state index contributed by atoms with van der Waals surface area (Å²) in [5, 5.41) is 2.67. The monoisotopic (exact) mass is 157 g/mol. The van der Waals surface area contributed by atoms with E-state index in [4.69, 9.17) is 0 Å². The smallest absolute Gasteiger partial charge is 0.0851 e. The SMILES string of the molecule is C=C=C=C=C=C=C=CCCN=O. The summed E-state index contributed by atoms with van der Waals surface area (Å²) in [6.07, 6.45) is 2.22. The molecular weight excluding hydrogens is 150 g/mol. The molecule has 2 nitrogen and oxygen atoms in total. The summed E-state index contributed by atoms with van der Waals surface area (Å²) in [4.78, 5) is 9.61. The Morgan fingerprint density at radius 1 is 1.25 bits per heavy atom. The van der Waals surface area contributed by atoms with E-state index >= 15 is 0 Å². The third kappa shape index (κ3) is 8.02. The lowest BCUT2D eigenvalue weighted by atomic mass is 10.4. The molecule has 0 unspecified atom stereocenters. The van der Waals surface area contributed by atoms with Crippen LogP contribution in [0.25, 0.3) is 0 Å². The molecule has 0 saturated heterocycles. The number of nitrogens with zero attached hydrogens (tertiary/aromatic N) is 1. The Morgan fingerprint density at radius 3 is 2.67 bits per heavy atom. The summed E-state index contributed by atoms with van der Waals surface area (Å²) in [7, 11) is 0. The molecule has 12 heavy (non-hydrogen) atoms. The van der Waals surface area contributed by atoms with Crippen molar-refractivity contribution in [3.05, 3.63) is 51.9 Å². The number of nitroso groups, excluding NO2 is 1. The molecule has 0 aromatic heterocycles. The molecule has 0 atom stereocenters. The predicted molar refractivity (Wildman–Crippen MR) is 46.6 cm³/mol. The molecule has 0 heterocycles. The van der Waals surface area contributed by atoms with Gasteiger partial charge in [0.25, 0.3) is 0 Å². The Bertz CT molecular complexity index is 357. The molecule has 0 aliphatic rings. The van der Waals surface area contributed by atoms with Crippen LogP contribution in [0, 0.1) is 4.91 Å². The minimum Gasteiger partial charge on any atom is -0.151 e. The second kappa shape index (κ2) is 9.02. The van der Waals surface area contributed by atoms with Crippen LogP contribution in [-0.2, 0) is 0 Å². The molecule has 0 fully saturated rings. The van der Waals surface area contributed by atoms with Crippen LogP contribution in [0.4, 0.5) is 0 Å². The van der Waals surface area contributed by atoms with Gasteiger partial charge in [-0.1, -0.05) is 16.6 Å². The van der Waals surface area contributed by atoms with Crippen LogP contribution in [-0.4, -0.2) is 6.54 Å². The van der Waals surface area contributed by atoms with E-state index in [2.05, 4.69) is 46.1 Å². The van der Waals surface area contributed by atoms with Crippen LogP contribution in [0.1, 0.15) is 6.42 Å². The molecule has 2 heteroatoms. The van der Waals surface area contributed by atoms with Crippen LogP contribution in [0.5, 0.6) is 0 Å². The quantitative estimate of drug-likeness (QED) is 0.351. The number of hydrogen-bond acceptors (Lipinski definition) is 2. The molecule has 0 radical (unpaired) electrons. The van der Waals surface area contributed by atoms with Crippen molar-refractivity contribution in [1.29, 1.82) is 0 Å². The molecule has 0 aromatic rings. The van der Waals surface area contributed by atoms with E-state index in [0.29, 0.717) is 6.42 Å². The molecule has 0 amide bonds. The first-order valence-corrected chi connectivity index (χ1v) is 3.30. The molecule has 0 rings (SSSR count). The van der Waals surface area contributed by atoms with Gasteiger partial charge in [-0.3, -0.25) is 0 Å². The van der Waals surface area contributed by atoms with Crippen molar-refractivity contribution < 1.29 is 0 Å². The zero-order valence-corrected chi connectivity index (χ0v) is 6.55. The van der Waals surface area contributed by atoms with E-state index < -0.39 is 0 Å². The Morgan fingerprint density at radius 2 is 2.00 bits per heavy atom. The van der Waals surface area contributed by atoms with Gasteiger partial charge in [0.2, 0.25) is 0 Å². The maximum Gasteiger partial charge on any atom is 0.0851 e. The number of hydrogen-bond donors (Lipinski definition) is 0. The summed E-state index contributed by atoms with van der Waals surface area (Å²) >= 11 is 0. The van der Waals surface area contributed by atoms with E-state index in [1.165, 1.54) is 0 Å². The van der Waals surface area contributed by atoms with Crippen molar-refractivity contribution in [2.75, 3.05) is 6.54 Å². The maximum atomic E-state index is 9.61. The standard InChI is InChI=1S/C10H7NO/c1-2-3-4-5-6-7-8-9-10-11-12/h8H,1,9-10H2. The second-order valence-corrected chi connectivity index (χ2v) is 1.67. The van der Waals surface area contributed by atoms with Crippen LogP contribution in [0.3, 0.4) is 0 Å². The fourth-order valence-electron chi connectivity index (χ4n) is 0.383. The molecule has 0 N–H and O–H groups in total. The van der Waals surface area contributed by atoms with Crippen LogP contribution in [0.15, 0.2) is 52.2 Å². The molecule has 0 aliphatic heterocycles. The Hall–Kier alpha value is -1.98. The van der Waals surface area contributed by atoms with Gasteiger partial charge in [0.15, 0.2) is 0 Å². The van der Waals surface area contributed by atoms with Crippen molar-refractivity contribution >= 4 is 0 Å². The van der Waals surface area contributed by atoms with E-state index in [1.807, 2.05) is 0 Å². The molecule has 0 spiro atoms. The molecule has 58 valence electrons. The molecule has 0 aliphatic carbocycles. The molecule has 0 saturated carbocycles. The fourth-order valence-corrected chi connectivity index (χ4v) is 0.383. The van der Waals surface area contributed by atoms with Gasteiger partial charge >= 0.3 is 0 Å². The minimum atomic E-state index is 0.265. The van der Waals surface area contributed by atoms with E-state index in [0.717, 1.165) is 0 Å². The Balaban J connectivity index is 4.32. The summed E-state index contributed by atoms with van der Waals surface area (Å²) < 4.78 is 0. The fraction of sp³-hybridized carbons (Fsp3) is 0.200. The zero-order chi connectivity index (χ0) is 9.07. The summed E-state index contributed by atoms with van der Waals surface area (Å²) in [5.41, 5.74) is 15.0. The van der Waals surface area contributed by atoms with Crippen molar-refractivity contribution in [3.8, 4) is 0 Å². The second-order valence-electron chi connectivity index (χ2n) is 1.67. The van der Waals surface area contributed by atoms with E-state index in [9.17, 15) is 4.91 Å². The van der Waals surface area contributed by atoms with Gasteiger partial charge in [0.1, 0.15) is 0 Å². The van der Waals surface area contributed by atoms with Gasteiger partial charge in [-0.2, -0.15) is 4.91 Å². The lowest BCUT2D eigenvalue weighted by Gasteiger charge is -1.72. The van der Waals surface area contributed by atoms with Crippen molar-refractivity contribution in [1.82, 2.24) is 0 Å². The normalized spacial score (nSPS) is 5.67. The van der Waals surface area contributed by atoms with Crippen LogP contribution in [0.2, 0.25) is 0 Å². The summed E-state index contributed by atoms with van der Waals surface area (Å²) in [6.45, 7) is 3.54. The topological polar surface area (TPSA) is 29.4 Å². The lowest BCUT2D eigenvalue weighted by molar-refractivity contribution is 0.999. The number of rotatable bonds is 3. The van der Waals surface area contributed by atoms with Crippen molar-refractivity contribution in [2.24, 2.45) is 5.18 Å². The van der Waals surface area contributed by atoms with Crippen LogP contribution >= 0.6 is 0 Å². The molecule has 0 aromatic carbocycles. The van der Waals surface area contributed by atoms with E-state index in [1.54, 1.807) is 6.08 Å². The highest BCUT2D eigenvalue weighted by molar-refractivity contribution is 4.88. The van der Waals surface area contributed by atoms with Gasteiger partial charge in [-0.25, -0.2) is 0 Å². The summed E-state index contributed by atoms with van der Waals surface area (Å²) in [6, 6.07) is 0. The first kappa shape index (κ1) is 10.0. The van der Waals surface area contributed by atoms with Gasteiger partial charge in [0.05, 0.1) is 6.54 Å². The maximum absolute atomic E-state index is 9.61. The average molecular weight is 157 g/mol. The third-order valence-corrected chi connectivity index (χ3v) is 0.815. The highest BCUT2D eigenvalue weighted by atomic mass is 16.3. The van der Waals surface area contributed by atoms with Gasteiger partial charge in [-0.05, 0) is 42.0 Å². The first-order valence-electron chi connectivity index (χ1n) is 3.30. The first-order chi connectivity index (χ1) is 5.91.